The lowest BCUT2D eigenvalue weighted by atomic mass is 9.97. The molecule has 3 aromatic carbocycles. The van der Waals surface area contributed by atoms with Crippen LogP contribution in [0.2, 0.25) is 0 Å². The van der Waals surface area contributed by atoms with E-state index in [0.29, 0.717) is 0 Å². The topological polar surface area (TPSA) is 0 Å². The quantitative estimate of drug-likeness (QED) is 0.409. The first kappa shape index (κ1) is 12.4. The van der Waals surface area contributed by atoms with Crippen LogP contribution in [0.5, 0.6) is 0 Å². The first-order valence-corrected chi connectivity index (χ1v) is 7.92. The molecule has 1 heteroatoms. The highest BCUT2D eigenvalue weighted by Gasteiger charge is 2.05. The highest BCUT2D eigenvalue weighted by Crippen LogP contribution is 2.33. The summed E-state index contributed by atoms with van der Waals surface area (Å²) >= 11 is 1.80. The fraction of sp³-hybridized carbons (Fsp3) is 0. The monoisotopic (exact) mass is 286 g/mol. The van der Waals surface area contributed by atoms with Crippen molar-refractivity contribution in [3.8, 4) is 22.3 Å². The van der Waals surface area contributed by atoms with E-state index < -0.39 is 0 Å². The molecule has 1 heterocycles. The Hall–Kier alpha value is -2.38. The van der Waals surface area contributed by atoms with Crippen LogP contribution in [0.25, 0.3) is 32.3 Å². The molecule has 0 N–H and O–H groups in total. The summed E-state index contributed by atoms with van der Waals surface area (Å²) in [6.45, 7) is 0. The van der Waals surface area contributed by atoms with Gasteiger partial charge in [-0.2, -0.15) is 0 Å². The van der Waals surface area contributed by atoms with Crippen LogP contribution in [0.15, 0.2) is 84.2 Å². The zero-order chi connectivity index (χ0) is 14.1. The average molecular weight is 286 g/mol. The Morgan fingerprint density at radius 3 is 2.24 bits per heavy atom. The second kappa shape index (κ2) is 5.19. The number of benzene rings is 3. The first-order chi connectivity index (χ1) is 10.4. The molecule has 0 atom stereocenters. The van der Waals surface area contributed by atoms with E-state index in [4.69, 9.17) is 0 Å². The lowest BCUT2D eigenvalue weighted by Crippen LogP contribution is -1.81. The summed E-state index contributed by atoms with van der Waals surface area (Å²) in [5, 5.41) is 3.50. The van der Waals surface area contributed by atoms with Crippen molar-refractivity contribution in [1.82, 2.24) is 0 Å². The molecule has 0 saturated carbocycles. The van der Waals surface area contributed by atoms with E-state index >= 15 is 0 Å². The zero-order valence-corrected chi connectivity index (χ0v) is 12.3. The van der Waals surface area contributed by atoms with Gasteiger partial charge in [-0.15, -0.1) is 11.3 Å². The van der Waals surface area contributed by atoms with Gasteiger partial charge in [0.15, 0.2) is 0 Å². The molecule has 0 aliphatic heterocycles. The minimum Gasteiger partial charge on any atom is -0.144 e. The smallest absolute Gasteiger partial charge is 0.0348 e. The number of hydrogen-bond acceptors (Lipinski definition) is 1. The van der Waals surface area contributed by atoms with Crippen molar-refractivity contribution in [3.63, 3.8) is 0 Å². The second-order valence-electron chi connectivity index (χ2n) is 5.08. The van der Waals surface area contributed by atoms with E-state index in [0.717, 1.165) is 0 Å². The molecule has 0 amide bonds. The maximum atomic E-state index is 2.28. The van der Waals surface area contributed by atoms with Gasteiger partial charge in [-0.3, -0.25) is 0 Å². The van der Waals surface area contributed by atoms with Gasteiger partial charge in [0.1, 0.15) is 0 Å². The number of fused-ring (bicyclic) bond motifs is 1. The van der Waals surface area contributed by atoms with Crippen molar-refractivity contribution in [2.24, 2.45) is 0 Å². The molecule has 4 aromatic rings. The molecular weight excluding hydrogens is 272 g/mol. The minimum atomic E-state index is 1.26. The van der Waals surface area contributed by atoms with Crippen molar-refractivity contribution in [1.29, 1.82) is 0 Å². The first-order valence-electron chi connectivity index (χ1n) is 7.04. The van der Waals surface area contributed by atoms with E-state index in [1.807, 2.05) is 0 Å². The van der Waals surface area contributed by atoms with Gasteiger partial charge >= 0.3 is 0 Å². The summed E-state index contributed by atoms with van der Waals surface area (Å²) < 4.78 is 1.35. The fourth-order valence-corrected chi connectivity index (χ4v) is 3.56. The molecule has 0 aliphatic carbocycles. The molecule has 0 bridgehead atoms. The van der Waals surface area contributed by atoms with Gasteiger partial charge in [0.25, 0.3) is 0 Å². The Kier molecular flexibility index (Phi) is 3.06. The summed E-state index contributed by atoms with van der Waals surface area (Å²) in [7, 11) is 0. The van der Waals surface area contributed by atoms with Crippen LogP contribution in [-0.4, -0.2) is 0 Å². The van der Waals surface area contributed by atoms with Crippen LogP contribution >= 0.6 is 11.3 Å². The van der Waals surface area contributed by atoms with Crippen molar-refractivity contribution in [2.75, 3.05) is 0 Å². The van der Waals surface area contributed by atoms with E-state index in [9.17, 15) is 0 Å². The standard InChI is InChI=1S/C20H14S/c1-2-6-15(7-3-1)16-8-4-9-17(14-16)18-10-5-11-20-19(18)12-13-21-20/h1-14H. The third kappa shape index (κ3) is 2.26. The van der Waals surface area contributed by atoms with Crippen LogP contribution < -0.4 is 0 Å². The van der Waals surface area contributed by atoms with Crippen LogP contribution in [0.4, 0.5) is 0 Å². The summed E-state index contributed by atoms with van der Waals surface area (Å²) in [4.78, 5) is 0. The van der Waals surface area contributed by atoms with Crippen LogP contribution in [-0.2, 0) is 0 Å². The molecule has 0 unspecified atom stereocenters. The Bertz CT molecular complexity index is 888. The van der Waals surface area contributed by atoms with Crippen molar-refractivity contribution < 1.29 is 0 Å². The van der Waals surface area contributed by atoms with Crippen LogP contribution in [0.3, 0.4) is 0 Å². The average Bonchev–Trinajstić information content (AvgIpc) is 3.04. The second-order valence-corrected chi connectivity index (χ2v) is 6.03. The largest absolute Gasteiger partial charge is 0.144 e. The zero-order valence-electron chi connectivity index (χ0n) is 11.5. The van der Waals surface area contributed by atoms with Gasteiger partial charge in [0.2, 0.25) is 0 Å². The molecule has 4 rings (SSSR count). The molecule has 0 nitrogen and oxygen atoms in total. The van der Waals surface area contributed by atoms with E-state index in [1.54, 1.807) is 11.3 Å². The molecular formula is C20H14S. The Morgan fingerprint density at radius 2 is 1.33 bits per heavy atom. The van der Waals surface area contributed by atoms with Gasteiger partial charge in [0.05, 0.1) is 0 Å². The van der Waals surface area contributed by atoms with E-state index in [1.165, 1.54) is 32.3 Å². The molecule has 1 aromatic heterocycles. The highest BCUT2D eigenvalue weighted by atomic mass is 32.1. The van der Waals surface area contributed by atoms with Crippen molar-refractivity contribution in [2.45, 2.75) is 0 Å². The predicted molar refractivity (Wildman–Crippen MR) is 92.7 cm³/mol. The Balaban J connectivity index is 1.88. The minimum absolute atomic E-state index is 1.26. The number of hydrogen-bond donors (Lipinski definition) is 0. The van der Waals surface area contributed by atoms with Gasteiger partial charge in [-0.25, -0.2) is 0 Å². The Labute approximate surface area is 128 Å². The number of thiophene rings is 1. The molecule has 0 aliphatic rings. The van der Waals surface area contributed by atoms with Crippen molar-refractivity contribution >= 4 is 21.4 Å². The summed E-state index contributed by atoms with van der Waals surface area (Å²) in [5.41, 5.74) is 5.11. The normalized spacial score (nSPS) is 10.9. The van der Waals surface area contributed by atoms with E-state index in [2.05, 4.69) is 84.2 Å². The van der Waals surface area contributed by atoms with Crippen LogP contribution in [0.1, 0.15) is 0 Å². The molecule has 0 fully saturated rings. The van der Waals surface area contributed by atoms with Gasteiger partial charge < -0.3 is 0 Å². The third-order valence-corrected chi connectivity index (χ3v) is 4.66. The molecule has 100 valence electrons. The highest BCUT2D eigenvalue weighted by molar-refractivity contribution is 7.17. The number of rotatable bonds is 2. The van der Waals surface area contributed by atoms with Gasteiger partial charge in [0, 0.05) is 10.1 Å². The van der Waals surface area contributed by atoms with Gasteiger partial charge in [-0.1, -0.05) is 60.7 Å². The molecule has 0 radical (unpaired) electrons. The van der Waals surface area contributed by atoms with E-state index in [-0.39, 0.29) is 0 Å². The van der Waals surface area contributed by atoms with Crippen molar-refractivity contribution in [3.05, 3.63) is 84.2 Å². The fourth-order valence-electron chi connectivity index (χ4n) is 2.74. The summed E-state index contributed by atoms with van der Waals surface area (Å²) in [6.07, 6.45) is 0. The summed E-state index contributed by atoms with van der Waals surface area (Å²) in [5.74, 6) is 0. The van der Waals surface area contributed by atoms with Gasteiger partial charge in [-0.05, 0) is 45.8 Å². The molecule has 21 heavy (non-hydrogen) atoms. The third-order valence-electron chi connectivity index (χ3n) is 3.78. The SMILES string of the molecule is c1ccc(-c2cccc(-c3cccc4sccc34)c2)cc1. The Morgan fingerprint density at radius 1 is 0.571 bits per heavy atom. The predicted octanol–water partition coefficient (Wildman–Crippen LogP) is 6.24. The lowest BCUT2D eigenvalue weighted by Gasteiger charge is -2.07. The maximum absolute atomic E-state index is 2.28. The summed E-state index contributed by atoms with van der Waals surface area (Å²) in [6, 6.07) is 28.1. The molecule has 0 saturated heterocycles. The molecule has 0 spiro atoms. The maximum Gasteiger partial charge on any atom is 0.0348 e. The van der Waals surface area contributed by atoms with Crippen LogP contribution in [0, 0.1) is 0 Å². The lowest BCUT2D eigenvalue weighted by molar-refractivity contribution is 1.61.